The van der Waals surface area contributed by atoms with E-state index in [1.807, 2.05) is 0 Å². The summed E-state index contributed by atoms with van der Waals surface area (Å²) < 4.78 is 0. The second-order valence-electron chi connectivity index (χ2n) is 5.33. The van der Waals surface area contributed by atoms with Crippen LogP contribution in [0.3, 0.4) is 0 Å². The van der Waals surface area contributed by atoms with Crippen molar-refractivity contribution >= 4 is 11.4 Å². The Balaban J connectivity index is 2.17. The average Bonchev–Trinajstić information content (AvgIpc) is 2.57. The van der Waals surface area contributed by atoms with Gasteiger partial charge in [0.1, 0.15) is 0 Å². The highest BCUT2D eigenvalue weighted by Gasteiger charge is 2.46. The van der Waals surface area contributed by atoms with E-state index in [4.69, 9.17) is 4.99 Å². The molecule has 0 saturated heterocycles. The lowest BCUT2D eigenvalue weighted by atomic mass is 9.62. The third-order valence-electron chi connectivity index (χ3n) is 4.62. The third-order valence-corrected chi connectivity index (χ3v) is 4.62. The normalized spacial score (nSPS) is 32.6. The summed E-state index contributed by atoms with van der Waals surface area (Å²) in [4.78, 5) is 4.80. The van der Waals surface area contributed by atoms with Crippen LogP contribution in [-0.4, -0.2) is 5.71 Å². The van der Waals surface area contributed by atoms with Crippen LogP contribution in [0.25, 0.3) is 0 Å². The van der Waals surface area contributed by atoms with E-state index in [-0.39, 0.29) is 5.41 Å². The van der Waals surface area contributed by atoms with Crippen LogP contribution < -0.4 is 0 Å². The molecule has 1 spiro atoms. The quantitative estimate of drug-likeness (QED) is 0.611. The van der Waals surface area contributed by atoms with Crippen molar-refractivity contribution in [1.82, 2.24) is 0 Å². The van der Waals surface area contributed by atoms with Crippen molar-refractivity contribution in [3.63, 3.8) is 0 Å². The smallest absolute Gasteiger partial charge is 0.0670 e. The summed E-state index contributed by atoms with van der Waals surface area (Å²) in [6.07, 6.45) is 5.38. The Bertz CT molecular complexity index is 447. The van der Waals surface area contributed by atoms with E-state index in [9.17, 15) is 0 Å². The molecule has 2 aliphatic rings. The molecular weight excluding hydrogens is 194 g/mol. The zero-order valence-electron chi connectivity index (χ0n) is 10.2. The first kappa shape index (κ1) is 10.1. The van der Waals surface area contributed by atoms with Crippen LogP contribution in [0.4, 0.5) is 5.69 Å². The lowest BCUT2D eigenvalue weighted by molar-refractivity contribution is 0.277. The van der Waals surface area contributed by atoms with Gasteiger partial charge in [-0.1, -0.05) is 38.0 Å². The molecule has 1 aliphatic carbocycles. The van der Waals surface area contributed by atoms with Crippen LogP contribution in [0, 0.1) is 5.92 Å². The van der Waals surface area contributed by atoms with Crippen molar-refractivity contribution in [2.24, 2.45) is 10.9 Å². The number of hydrogen-bond donors (Lipinski definition) is 0. The van der Waals surface area contributed by atoms with E-state index in [0.29, 0.717) is 0 Å². The Labute approximate surface area is 97.6 Å². The van der Waals surface area contributed by atoms with Crippen LogP contribution in [0.15, 0.2) is 29.3 Å². The second kappa shape index (κ2) is 3.44. The molecule has 1 aromatic rings. The van der Waals surface area contributed by atoms with Gasteiger partial charge in [-0.25, -0.2) is 0 Å². The van der Waals surface area contributed by atoms with Crippen LogP contribution >= 0.6 is 0 Å². The lowest BCUT2D eigenvalue weighted by Crippen LogP contribution is -2.40. The molecule has 2 unspecified atom stereocenters. The molecule has 0 amide bonds. The van der Waals surface area contributed by atoms with Crippen LogP contribution in [0.2, 0.25) is 0 Å². The third kappa shape index (κ3) is 1.15. The molecule has 84 valence electrons. The minimum atomic E-state index is 0.273. The van der Waals surface area contributed by atoms with E-state index in [1.165, 1.54) is 42.6 Å². The zero-order chi connectivity index (χ0) is 11.2. The molecule has 16 heavy (non-hydrogen) atoms. The van der Waals surface area contributed by atoms with Crippen molar-refractivity contribution in [2.45, 2.75) is 44.9 Å². The van der Waals surface area contributed by atoms with E-state index < -0.39 is 0 Å². The number of benzene rings is 1. The first-order chi connectivity index (χ1) is 7.75. The highest BCUT2D eigenvalue weighted by molar-refractivity contribution is 6.00. The van der Waals surface area contributed by atoms with Gasteiger partial charge in [0.15, 0.2) is 0 Å². The number of para-hydroxylation sites is 1. The Kier molecular flexibility index (Phi) is 2.17. The molecule has 1 aliphatic heterocycles. The van der Waals surface area contributed by atoms with Gasteiger partial charge in [0.25, 0.3) is 0 Å². The molecule has 0 N–H and O–H groups in total. The SMILES string of the molecule is CC1=Nc2ccccc2C12CCCCC2C. The van der Waals surface area contributed by atoms with Gasteiger partial charge < -0.3 is 0 Å². The van der Waals surface area contributed by atoms with Crippen molar-refractivity contribution < 1.29 is 0 Å². The fourth-order valence-electron chi connectivity index (χ4n) is 3.71. The molecule has 1 heteroatoms. The summed E-state index contributed by atoms with van der Waals surface area (Å²) in [5.74, 6) is 0.744. The van der Waals surface area contributed by atoms with Crippen LogP contribution in [0.5, 0.6) is 0 Å². The van der Waals surface area contributed by atoms with Gasteiger partial charge in [-0.15, -0.1) is 0 Å². The standard InChI is InChI=1S/C15H19N/c1-11-7-5-6-10-15(11)12(2)16-14-9-4-3-8-13(14)15/h3-4,8-9,11H,5-7,10H2,1-2H3. The zero-order valence-corrected chi connectivity index (χ0v) is 10.2. The molecule has 2 atom stereocenters. The summed E-state index contributed by atoms with van der Waals surface area (Å²) in [7, 11) is 0. The fourth-order valence-corrected chi connectivity index (χ4v) is 3.71. The van der Waals surface area contributed by atoms with E-state index >= 15 is 0 Å². The number of nitrogens with zero attached hydrogens (tertiary/aromatic N) is 1. The van der Waals surface area contributed by atoms with Gasteiger partial charge in [-0.2, -0.15) is 0 Å². The molecule has 1 saturated carbocycles. The van der Waals surface area contributed by atoms with Crippen LogP contribution in [-0.2, 0) is 5.41 Å². The van der Waals surface area contributed by atoms with E-state index in [2.05, 4.69) is 38.1 Å². The van der Waals surface area contributed by atoms with Gasteiger partial charge in [0.05, 0.1) is 5.69 Å². The molecule has 0 radical (unpaired) electrons. The highest BCUT2D eigenvalue weighted by Crippen LogP contribution is 2.51. The van der Waals surface area contributed by atoms with Gasteiger partial charge >= 0.3 is 0 Å². The summed E-state index contributed by atoms with van der Waals surface area (Å²) in [6, 6.07) is 8.71. The molecule has 1 heterocycles. The first-order valence-electron chi connectivity index (χ1n) is 6.40. The molecule has 1 fully saturated rings. The highest BCUT2D eigenvalue weighted by atomic mass is 14.8. The number of hydrogen-bond acceptors (Lipinski definition) is 1. The molecule has 0 aromatic heterocycles. The van der Waals surface area contributed by atoms with E-state index in [0.717, 1.165) is 5.92 Å². The number of fused-ring (bicyclic) bond motifs is 2. The molecule has 0 bridgehead atoms. The minimum absolute atomic E-state index is 0.273. The van der Waals surface area contributed by atoms with Crippen molar-refractivity contribution in [2.75, 3.05) is 0 Å². The summed E-state index contributed by atoms with van der Waals surface area (Å²) in [6.45, 7) is 4.63. The van der Waals surface area contributed by atoms with E-state index in [1.54, 1.807) is 0 Å². The monoisotopic (exact) mass is 213 g/mol. The molecule has 1 aromatic carbocycles. The van der Waals surface area contributed by atoms with Gasteiger partial charge in [0.2, 0.25) is 0 Å². The number of aliphatic imine (C=N–C) groups is 1. The molecule has 1 nitrogen and oxygen atoms in total. The summed E-state index contributed by atoms with van der Waals surface area (Å²) >= 11 is 0. The van der Waals surface area contributed by atoms with Gasteiger partial charge in [0, 0.05) is 11.1 Å². The fraction of sp³-hybridized carbons (Fsp3) is 0.533. The predicted molar refractivity (Wildman–Crippen MR) is 68.5 cm³/mol. The lowest BCUT2D eigenvalue weighted by Gasteiger charge is -2.40. The Hall–Kier alpha value is -1.11. The summed E-state index contributed by atoms with van der Waals surface area (Å²) in [5.41, 5.74) is 4.32. The number of rotatable bonds is 0. The maximum absolute atomic E-state index is 4.80. The minimum Gasteiger partial charge on any atom is -0.257 e. The van der Waals surface area contributed by atoms with Crippen molar-refractivity contribution in [1.29, 1.82) is 0 Å². The average molecular weight is 213 g/mol. The Morgan fingerprint density at radius 1 is 1.25 bits per heavy atom. The van der Waals surface area contributed by atoms with Crippen LogP contribution in [0.1, 0.15) is 45.1 Å². The van der Waals surface area contributed by atoms with Crippen molar-refractivity contribution in [3.05, 3.63) is 29.8 Å². The maximum Gasteiger partial charge on any atom is 0.0670 e. The first-order valence-corrected chi connectivity index (χ1v) is 6.40. The maximum atomic E-state index is 4.80. The van der Waals surface area contributed by atoms with Gasteiger partial charge in [-0.3, -0.25) is 4.99 Å². The van der Waals surface area contributed by atoms with Crippen molar-refractivity contribution in [3.8, 4) is 0 Å². The second-order valence-corrected chi connectivity index (χ2v) is 5.33. The summed E-state index contributed by atoms with van der Waals surface area (Å²) in [5, 5.41) is 0. The Morgan fingerprint density at radius 2 is 2.06 bits per heavy atom. The predicted octanol–water partition coefficient (Wildman–Crippen LogP) is 4.24. The van der Waals surface area contributed by atoms with Gasteiger partial charge in [-0.05, 0) is 37.3 Å². The topological polar surface area (TPSA) is 12.4 Å². The Morgan fingerprint density at radius 3 is 2.88 bits per heavy atom. The molecule has 3 rings (SSSR count). The molecular formula is C15H19N. The largest absolute Gasteiger partial charge is 0.257 e.